The molecule has 0 spiro atoms. The molecule has 4 heterocycles. The first-order chi connectivity index (χ1) is 30.8. The van der Waals surface area contributed by atoms with E-state index in [9.17, 15) is 9.59 Å². The van der Waals surface area contributed by atoms with E-state index in [4.69, 9.17) is 4.74 Å². The lowest BCUT2D eigenvalue weighted by Gasteiger charge is -2.31. The van der Waals surface area contributed by atoms with E-state index in [1.165, 1.54) is 77.3 Å². The molecule has 0 aromatic heterocycles. The summed E-state index contributed by atoms with van der Waals surface area (Å²) in [6.07, 6.45) is 16.7. The second-order valence-electron chi connectivity index (χ2n) is 19.9. The molecule has 2 unspecified atom stereocenters. The molecule has 0 radical (unpaired) electrons. The fourth-order valence-corrected chi connectivity index (χ4v) is 12.6. The van der Waals surface area contributed by atoms with Gasteiger partial charge in [0, 0.05) is 36.3 Å². The molecule has 4 amide bonds. The summed E-state index contributed by atoms with van der Waals surface area (Å²) in [5, 5.41) is 12.8. The third kappa shape index (κ3) is 9.24. The standard InChI is InChI=1S/C54H68N6O3/c1-35(55-53(61)57-41-19-11-37(12-20-41)31-33-59-49-27-28-50(59)46-8-4-3-7-45(46)49)39-15-23-43(24-16-39)63-44-25-17-40(18-26-44)36(2)56-54(62)58-42-21-13-38(14-22-42)32-34-60-51-29-30-52(60)48-10-6-5-9-47(48)51/h3-10,15-18,23-26,35-38,41-42,49-52H,11-14,19-22,27-34H2,1-2H3,(H2,55,57,61)(H2,56,58,62)/t35?,36?,37-,38-,41-,42-,49-,50+,51-,52+. The lowest BCUT2D eigenvalue weighted by atomic mass is 9.84. The minimum Gasteiger partial charge on any atom is -0.457 e. The number of hydrogen-bond acceptors (Lipinski definition) is 5. The van der Waals surface area contributed by atoms with E-state index in [1.807, 2.05) is 62.4 Å². The highest BCUT2D eigenvalue weighted by Crippen LogP contribution is 2.54. The molecule has 9 heteroatoms. The number of hydrogen-bond donors (Lipinski definition) is 4. The van der Waals surface area contributed by atoms with Crippen LogP contribution in [0.3, 0.4) is 0 Å². The molecular weight excluding hydrogens is 781 g/mol. The second-order valence-corrected chi connectivity index (χ2v) is 19.9. The number of carbonyl (C=O) groups is 2. The normalized spacial score (nSPS) is 28.2. The zero-order chi connectivity index (χ0) is 42.9. The Balaban J connectivity index is 0.601. The van der Waals surface area contributed by atoms with Crippen LogP contribution in [0.1, 0.15) is 173 Å². The zero-order valence-electron chi connectivity index (χ0n) is 37.4. The van der Waals surface area contributed by atoms with Crippen molar-refractivity contribution in [1.82, 2.24) is 31.1 Å². The highest BCUT2D eigenvalue weighted by Gasteiger charge is 2.44. The number of amides is 4. The van der Waals surface area contributed by atoms with Gasteiger partial charge < -0.3 is 26.0 Å². The highest BCUT2D eigenvalue weighted by molar-refractivity contribution is 5.75. The summed E-state index contributed by atoms with van der Waals surface area (Å²) in [4.78, 5) is 31.6. The van der Waals surface area contributed by atoms with E-state index in [-0.39, 0.29) is 36.2 Å². The molecule has 4 bridgehead atoms. The molecule has 10 rings (SSSR count). The van der Waals surface area contributed by atoms with Gasteiger partial charge in [-0.3, -0.25) is 9.80 Å². The summed E-state index contributed by atoms with van der Waals surface area (Å²) in [7, 11) is 0. The lowest BCUT2D eigenvalue weighted by Crippen LogP contribution is -2.44. The SMILES string of the molecule is CC(NC(=O)N[C@H]1CC[C@H](CCN2[C@@H]3CC[C@H]2c2ccccc23)CC1)c1ccc(Oc2ccc(C(C)NC(=O)N[C@H]3CC[C@H](CCN4[C@@H]5CC[C@H]4c4ccccc45)CC3)cc2)cc1. The Morgan fingerprint density at radius 1 is 0.492 bits per heavy atom. The predicted octanol–water partition coefficient (Wildman–Crippen LogP) is 11.9. The topological polar surface area (TPSA) is 98.0 Å². The molecular formula is C54H68N6O3. The van der Waals surface area contributed by atoms with E-state index >= 15 is 0 Å². The van der Waals surface area contributed by atoms with Crippen LogP contribution in [0.4, 0.5) is 9.59 Å². The monoisotopic (exact) mass is 849 g/mol. The molecule has 332 valence electrons. The molecule has 4 fully saturated rings. The average Bonchev–Trinajstić information content (AvgIpc) is 4.07. The number of nitrogens with one attached hydrogen (secondary N) is 4. The van der Waals surface area contributed by atoms with Gasteiger partial charge in [0.1, 0.15) is 11.5 Å². The largest absolute Gasteiger partial charge is 0.457 e. The number of ether oxygens (including phenoxy) is 1. The zero-order valence-corrected chi connectivity index (χ0v) is 37.4. The molecule has 9 nitrogen and oxygen atoms in total. The van der Waals surface area contributed by atoms with E-state index in [1.54, 1.807) is 22.3 Å². The van der Waals surface area contributed by atoms with Gasteiger partial charge in [-0.2, -0.15) is 0 Å². The smallest absolute Gasteiger partial charge is 0.315 e. The molecule has 63 heavy (non-hydrogen) atoms. The van der Waals surface area contributed by atoms with Gasteiger partial charge in [-0.05, 0) is 186 Å². The summed E-state index contributed by atoms with van der Waals surface area (Å²) in [6.45, 7) is 6.43. The number of urea groups is 2. The highest BCUT2D eigenvalue weighted by atomic mass is 16.5. The van der Waals surface area contributed by atoms with Crippen LogP contribution in [0.5, 0.6) is 11.5 Å². The number of rotatable bonds is 14. The Bertz CT molecular complexity index is 1980. The molecule has 4 aliphatic heterocycles. The van der Waals surface area contributed by atoms with Gasteiger partial charge in [-0.1, -0.05) is 72.8 Å². The van der Waals surface area contributed by atoms with Crippen molar-refractivity contribution in [3.63, 3.8) is 0 Å². The maximum absolute atomic E-state index is 13.0. The summed E-state index contributed by atoms with van der Waals surface area (Å²) >= 11 is 0. The lowest BCUT2D eigenvalue weighted by molar-refractivity contribution is 0.185. The van der Waals surface area contributed by atoms with Crippen LogP contribution in [0, 0.1) is 11.8 Å². The molecule has 4 N–H and O–H groups in total. The van der Waals surface area contributed by atoms with Gasteiger partial charge in [0.05, 0.1) is 12.1 Å². The van der Waals surface area contributed by atoms with Crippen LogP contribution in [0.2, 0.25) is 0 Å². The van der Waals surface area contributed by atoms with Gasteiger partial charge in [0.2, 0.25) is 0 Å². The summed E-state index contributed by atoms with van der Waals surface area (Å²) in [5.41, 5.74) is 8.32. The Morgan fingerprint density at radius 2 is 0.825 bits per heavy atom. The van der Waals surface area contributed by atoms with Crippen molar-refractivity contribution in [1.29, 1.82) is 0 Å². The van der Waals surface area contributed by atoms with Gasteiger partial charge in [0.15, 0.2) is 0 Å². The predicted molar refractivity (Wildman–Crippen MR) is 250 cm³/mol. The van der Waals surface area contributed by atoms with Crippen molar-refractivity contribution in [3.05, 3.63) is 130 Å². The Hall–Kier alpha value is -4.86. The minimum absolute atomic E-state index is 0.0942. The second kappa shape index (κ2) is 18.7. The molecule has 2 aliphatic carbocycles. The first-order valence-corrected chi connectivity index (χ1v) is 24.5. The first-order valence-electron chi connectivity index (χ1n) is 24.5. The van der Waals surface area contributed by atoms with Crippen LogP contribution in [0.15, 0.2) is 97.1 Å². The van der Waals surface area contributed by atoms with E-state index in [0.29, 0.717) is 24.2 Å². The number of carbonyl (C=O) groups excluding carboxylic acids is 2. The third-order valence-electron chi connectivity index (χ3n) is 16.1. The maximum atomic E-state index is 13.0. The molecule has 4 aromatic rings. The summed E-state index contributed by atoms with van der Waals surface area (Å²) in [6, 6.07) is 36.5. The fraction of sp³-hybridized carbons (Fsp3) is 0.519. The Morgan fingerprint density at radius 3 is 1.16 bits per heavy atom. The van der Waals surface area contributed by atoms with Gasteiger partial charge in [-0.25, -0.2) is 9.59 Å². The quantitative estimate of drug-likeness (QED) is 0.101. The Labute approximate surface area is 375 Å². The van der Waals surface area contributed by atoms with Crippen molar-refractivity contribution >= 4 is 12.1 Å². The van der Waals surface area contributed by atoms with Crippen LogP contribution >= 0.6 is 0 Å². The van der Waals surface area contributed by atoms with Gasteiger partial charge >= 0.3 is 12.1 Å². The third-order valence-corrected chi connectivity index (χ3v) is 16.1. The van der Waals surface area contributed by atoms with Crippen LogP contribution < -0.4 is 26.0 Å². The molecule has 6 aliphatic rings. The maximum Gasteiger partial charge on any atom is 0.315 e. The van der Waals surface area contributed by atoms with E-state index < -0.39 is 0 Å². The molecule has 6 atom stereocenters. The molecule has 2 saturated carbocycles. The van der Waals surface area contributed by atoms with Crippen molar-refractivity contribution in [2.75, 3.05) is 13.1 Å². The number of nitrogens with zero attached hydrogens (tertiary/aromatic N) is 2. The van der Waals surface area contributed by atoms with Crippen molar-refractivity contribution in [2.24, 2.45) is 11.8 Å². The fourth-order valence-electron chi connectivity index (χ4n) is 12.6. The first kappa shape index (κ1) is 42.1. The van der Waals surface area contributed by atoms with Crippen LogP contribution in [-0.2, 0) is 0 Å². The van der Waals surface area contributed by atoms with Crippen LogP contribution in [0.25, 0.3) is 0 Å². The van der Waals surface area contributed by atoms with E-state index in [0.717, 1.165) is 60.1 Å². The van der Waals surface area contributed by atoms with E-state index in [2.05, 4.69) is 79.6 Å². The summed E-state index contributed by atoms with van der Waals surface area (Å²) in [5.74, 6) is 2.96. The van der Waals surface area contributed by atoms with Gasteiger partial charge in [-0.15, -0.1) is 0 Å². The summed E-state index contributed by atoms with van der Waals surface area (Å²) < 4.78 is 6.17. The van der Waals surface area contributed by atoms with Crippen molar-refractivity contribution in [3.8, 4) is 11.5 Å². The number of fused-ring (bicyclic) bond motifs is 10. The Kier molecular flexibility index (Phi) is 12.5. The minimum atomic E-state index is -0.130. The molecule has 4 aromatic carbocycles. The van der Waals surface area contributed by atoms with Crippen molar-refractivity contribution < 1.29 is 14.3 Å². The van der Waals surface area contributed by atoms with Gasteiger partial charge in [0.25, 0.3) is 0 Å². The number of benzene rings is 4. The van der Waals surface area contributed by atoms with Crippen LogP contribution in [-0.4, -0.2) is 47.0 Å². The van der Waals surface area contributed by atoms with Crippen molar-refractivity contribution in [2.45, 2.75) is 152 Å². The average molecular weight is 849 g/mol. The molecule has 2 saturated heterocycles.